The highest BCUT2D eigenvalue weighted by Crippen LogP contribution is 2.28. The number of benzene rings is 2. The minimum Gasteiger partial charge on any atom is -0.352 e. The zero-order valence-electron chi connectivity index (χ0n) is 18.5. The molecule has 0 heterocycles. The Hall–Kier alpha value is -1.40. The Morgan fingerprint density at radius 1 is 1.00 bits per heavy atom. The lowest BCUT2D eigenvalue weighted by molar-refractivity contribution is -0.139. The lowest BCUT2D eigenvalue weighted by Gasteiger charge is -2.31. The zero-order valence-corrected chi connectivity index (χ0v) is 21.6. The van der Waals surface area contributed by atoms with Gasteiger partial charge in [-0.1, -0.05) is 66.8 Å². The topological polar surface area (TPSA) is 49.4 Å². The molecule has 2 unspecified atom stereocenters. The van der Waals surface area contributed by atoms with Crippen LogP contribution in [0.5, 0.6) is 0 Å². The maximum Gasteiger partial charge on any atom is 0.243 e. The number of halogens is 3. The number of thioether (sulfide) groups is 1. The number of carbonyl (C=O) groups excluding carboxylic acids is 2. The zero-order chi connectivity index (χ0) is 23.7. The molecule has 32 heavy (non-hydrogen) atoms. The second kappa shape index (κ2) is 13.3. The molecule has 0 aliphatic rings. The van der Waals surface area contributed by atoms with E-state index in [0.29, 0.717) is 33.8 Å². The second-order valence-corrected chi connectivity index (χ2v) is 9.82. The van der Waals surface area contributed by atoms with E-state index in [1.165, 1.54) is 11.8 Å². The van der Waals surface area contributed by atoms with Gasteiger partial charge in [0.25, 0.3) is 0 Å². The predicted octanol–water partition coefficient (Wildman–Crippen LogP) is 6.60. The Morgan fingerprint density at radius 2 is 1.62 bits per heavy atom. The normalized spacial score (nSPS) is 12.8. The van der Waals surface area contributed by atoms with Gasteiger partial charge in [0, 0.05) is 33.4 Å². The molecule has 0 saturated carbocycles. The Kier molecular flexibility index (Phi) is 11.2. The third-order valence-electron chi connectivity index (χ3n) is 5.19. The minimum absolute atomic E-state index is 0.0424. The van der Waals surface area contributed by atoms with E-state index in [-0.39, 0.29) is 23.6 Å². The van der Waals surface area contributed by atoms with Gasteiger partial charge in [0.05, 0.1) is 5.75 Å². The van der Waals surface area contributed by atoms with Crippen molar-refractivity contribution in [1.29, 1.82) is 0 Å². The number of nitrogens with zero attached hydrogens (tertiary/aromatic N) is 1. The summed E-state index contributed by atoms with van der Waals surface area (Å²) in [5, 5.41) is 4.79. The Balaban J connectivity index is 2.16. The first-order valence-corrected chi connectivity index (χ1v) is 12.9. The van der Waals surface area contributed by atoms with Gasteiger partial charge in [0.2, 0.25) is 11.8 Å². The van der Waals surface area contributed by atoms with Crippen LogP contribution in [-0.4, -0.2) is 34.6 Å². The SMILES string of the molecule is CCC(C)NC(=O)C(CC)N(Cc1ccc(Cl)cc1)C(=O)CSCc1c(Cl)cccc1Cl. The van der Waals surface area contributed by atoms with Gasteiger partial charge < -0.3 is 10.2 Å². The molecule has 0 saturated heterocycles. The summed E-state index contributed by atoms with van der Waals surface area (Å²) in [7, 11) is 0. The molecule has 2 aromatic carbocycles. The summed E-state index contributed by atoms with van der Waals surface area (Å²) < 4.78 is 0. The Bertz CT molecular complexity index is 888. The molecular weight excluding hydrogens is 487 g/mol. The summed E-state index contributed by atoms with van der Waals surface area (Å²) in [5.74, 6) is 0.472. The summed E-state index contributed by atoms with van der Waals surface area (Å²) in [6, 6.07) is 12.2. The number of hydrogen-bond donors (Lipinski definition) is 1. The maximum atomic E-state index is 13.3. The molecule has 2 amide bonds. The van der Waals surface area contributed by atoms with Crippen molar-refractivity contribution in [2.45, 2.75) is 58.0 Å². The van der Waals surface area contributed by atoms with Crippen molar-refractivity contribution >= 4 is 58.4 Å². The van der Waals surface area contributed by atoms with E-state index >= 15 is 0 Å². The highest BCUT2D eigenvalue weighted by atomic mass is 35.5. The van der Waals surface area contributed by atoms with Crippen LogP contribution in [-0.2, 0) is 21.9 Å². The first kappa shape index (κ1) is 26.8. The van der Waals surface area contributed by atoms with Crippen molar-refractivity contribution in [2.75, 3.05) is 5.75 Å². The van der Waals surface area contributed by atoms with Gasteiger partial charge in [-0.2, -0.15) is 0 Å². The van der Waals surface area contributed by atoms with E-state index in [1.54, 1.807) is 35.2 Å². The monoisotopic (exact) mass is 514 g/mol. The third kappa shape index (κ3) is 7.87. The average molecular weight is 516 g/mol. The van der Waals surface area contributed by atoms with Crippen molar-refractivity contribution in [2.24, 2.45) is 0 Å². The highest BCUT2D eigenvalue weighted by molar-refractivity contribution is 7.99. The molecule has 0 spiro atoms. The Morgan fingerprint density at radius 3 is 2.19 bits per heavy atom. The van der Waals surface area contributed by atoms with Gasteiger partial charge in [-0.25, -0.2) is 0 Å². The fraction of sp³-hybridized carbons (Fsp3) is 0.417. The summed E-state index contributed by atoms with van der Waals surface area (Å²) in [4.78, 5) is 27.9. The van der Waals surface area contributed by atoms with Gasteiger partial charge in [0.1, 0.15) is 6.04 Å². The summed E-state index contributed by atoms with van der Waals surface area (Å²) in [5.41, 5.74) is 1.72. The standard InChI is InChI=1S/C24H29Cl3N2O2S/c1-4-16(3)28-24(31)22(5-2)29(13-17-9-11-18(25)12-10-17)23(30)15-32-14-19-20(26)7-6-8-21(19)27/h6-12,16,22H,4-5,13-15H2,1-3H3,(H,28,31). The van der Waals surface area contributed by atoms with E-state index in [9.17, 15) is 9.59 Å². The fourth-order valence-corrected chi connectivity index (χ4v) is 4.91. The Labute approximate surface area is 210 Å². The van der Waals surface area contributed by atoms with Crippen molar-refractivity contribution in [3.63, 3.8) is 0 Å². The third-order valence-corrected chi connectivity index (χ3v) is 7.09. The molecule has 4 nitrogen and oxygen atoms in total. The molecule has 2 rings (SSSR count). The van der Waals surface area contributed by atoms with Crippen LogP contribution >= 0.6 is 46.6 Å². The molecule has 0 aromatic heterocycles. The van der Waals surface area contributed by atoms with E-state index < -0.39 is 6.04 Å². The molecule has 1 N–H and O–H groups in total. The lowest BCUT2D eigenvalue weighted by atomic mass is 10.1. The van der Waals surface area contributed by atoms with Crippen LogP contribution < -0.4 is 5.32 Å². The van der Waals surface area contributed by atoms with Crippen LogP contribution in [0.3, 0.4) is 0 Å². The highest BCUT2D eigenvalue weighted by Gasteiger charge is 2.29. The molecule has 0 fully saturated rings. The molecule has 0 radical (unpaired) electrons. The van der Waals surface area contributed by atoms with E-state index in [0.717, 1.165) is 17.5 Å². The molecule has 0 aliphatic carbocycles. The fourth-order valence-electron chi connectivity index (χ4n) is 3.14. The minimum atomic E-state index is -0.559. The van der Waals surface area contributed by atoms with E-state index in [4.69, 9.17) is 34.8 Å². The molecule has 2 atom stereocenters. The van der Waals surface area contributed by atoms with Gasteiger partial charge >= 0.3 is 0 Å². The number of amides is 2. The summed E-state index contributed by atoms with van der Waals surface area (Å²) in [6.45, 7) is 6.22. The largest absolute Gasteiger partial charge is 0.352 e. The molecule has 8 heteroatoms. The maximum absolute atomic E-state index is 13.3. The number of carbonyl (C=O) groups is 2. The van der Waals surface area contributed by atoms with Crippen LogP contribution in [0, 0.1) is 0 Å². The molecule has 0 bridgehead atoms. The van der Waals surface area contributed by atoms with Gasteiger partial charge in [-0.3, -0.25) is 9.59 Å². The van der Waals surface area contributed by atoms with Gasteiger partial charge in [-0.15, -0.1) is 11.8 Å². The molecule has 0 aliphatic heterocycles. The lowest BCUT2D eigenvalue weighted by Crippen LogP contribution is -2.51. The first-order valence-electron chi connectivity index (χ1n) is 10.6. The van der Waals surface area contributed by atoms with Crippen LogP contribution in [0.15, 0.2) is 42.5 Å². The first-order chi connectivity index (χ1) is 15.3. The molecule has 2 aromatic rings. The van der Waals surface area contributed by atoms with Crippen molar-refractivity contribution in [1.82, 2.24) is 10.2 Å². The number of nitrogens with one attached hydrogen (secondary N) is 1. The summed E-state index contributed by atoms with van der Waals surface area (Å²) in [6.07, 6.45) is 1.34. The molecule has 174 valence electrons. The predicted molar refractivity (Wildman–Crippen MR) is 137 cm³/mol. The quantitative estimate of drug-likeness (QED) is 0.367. The molecular formula is C24H29Cl3N2O2S. The smallest absolute Gasteiger partial charge is 0.243 e. The van der Waals surface area contributed by atoms with Gasteiger partial charge in [0.15, 0.2) is 0 Å². The van der Waals surface area contributed by atoms with E-state index in [2.05, 4.69) is 5.32 Å². The van der Waals surface area contributed by atoms with Gasteiger partial charge in [-0.05, 0) is 55.2 Å². The van der Waals surface area contributed by atoms with Crippen LogP contribution in [0.2, 0.25) is 15.1 Å². The van der Waals surface area contributed by atoms with Crippen LogP contribution in [0.4, 0.5) is 0 Å². The van der Waals surface area contributed by atoms with Crippen molar-refractivity contribution < 1.29 is 9.59 Å². The van der Waals surface area contributed by atoms with Crippen LogP contribution in [0.25, 0.3) is 0 Å². The van der Waals surface area contributed by atoms with E-state index in [1.807, 2.05) is 32.9 Å². The second-order valence-electron chi connectivity index (χ2n) is 7.58. The average Bonchev–Trinajstić information content (AvgIpc) is 2.76. The van der Waals surface area contributed by atoms with Crippen LogP contribution in [0.1, 0.15) is 44.7 Å². The van der Waals surface area contributed by atoms with Crippen molar-refractivity contribution in [3.8, 4) is 0 Å². The summed E-state index contributed by atoms with van der Waals surface area (Å²) >= 11 is 19.9. The van der Waals surface area contributed by atoms with Crippen molar-refractivity contribution in [3.05, 3.63) is 68.7 Å². The number of hydrogen-bond acceptors (Lipinski definition) is 3. The number of rotatable bonds is 11.